The van der Waals surface area contributed by atoms with E-state index in [1.807, 2.05) is 24.3 Å². The zero-order valence-corrected chi connectivity index (χ0v) is 14.4. The lowest BCUT2D eigenvalue weighted by Crippen LogP contribution is -2.29. The van der Waals surface area contributed by atoms with Gasteiger partial charge in [0.1, 0.15) is 5.82 Å². The summed E-state index contributed by atoms with van der Waals surface area (Å²) in [6.45, 7) is 2.20. The van der Waals surface area contributed by atoms with Gasteiger partial charge in [-0.25, -0.2) is 4.39 Å². The van der Waals surface area contributed by atoms with Crippen LogP contribution in [0.4, 0.5) is 4.39 Å². The Kier molecular flexibility index (Phi) is 4.36. The predicted molar refractivity (Wildman–Crippen MR) is 98.9 cm³/mol. The van der Waals surface area contributed by atoms with Crippen molar-refractivity contribution in [2.45, 2.75) is 18.8 Å². The average molecular weight is 335 g/mol. The molecule has 3 nitrogen and oxygen atoms in total. The second-order valence-electron chi connectivity index (χ2n) is 6.81. The van der Waals surface area contributed by atoms with Crippen molar-refractivity contribution in [2.75, 3.05) is 20.1 Å². The molecule has 1 aromatic carbocycles. The fourth-order valence-electron chi connectivity index (χ4n) is 3.65. The molecule has 0 atom stereocenters. The standard InChI is InChI=1S/C21H22FN3/c1-25-12-8-16(9-13-25)20-14-18(15-6-10-23-11-7-15)21(24-20)17-4-2-3-5-19(17)22/h2-7,10-11,14,16,24H,8-9,12-13H2,1H3. The first kappa shape index (κ1) is 16.0. The van der Waals surface area contributed by atoms with Crippen LogP contribution in [-0.4, -0.2) is 35.0 Å². The minimum atomic E-state index is -0.199. The molecule has 0 spiro atoms. The quantitative estimate of drug-likeness (QED) is 0.753. The van der Waals surface area contributed by atoms with Gasteiger partial charge in [0, 0.05) is 35.1 Å². The van der Waals surface area contributed by atoms with Gasteiger partial charge in [0.25, 0.3) is 0 Å². The number of nitrogens with zero attached hydrogens (tertiary/aromatic N) is 2. The fourth-order valence-corrected chi connectivity index (χ4v) is 3.65. The number of nitrogens with one attached hydrogen (secondary N) is 1. The maximum absolute atomic E-state index is 14.4. The van der Waals surface area contributed by atoms with Crippen molar-refractivity contribution in [3.05, 3.63) is 66.4 Å². The van der Waals surface area contributed by atoms with Crippen LogP contribution in [0.1, 0.15) is 24.5 Å². The van der Waals surface area contributed by atoms with Gasteiger partial charge in [-0.05, 0) is 68.9 Å². The van der Waals surface area contributed by atoms with Crippen molar-refractivity contribution in [3.8, 4) is 22.4 Å². The number of aromatic nitrogens is 2. The summed E-state index contributed by atoms with van der Waals surface area (Å²) >= 11 is 0. The van der Waals surface area contributed by atoms with E-state index in [-0.39, 0.29) is 5.82 Å². The van der Waals surface area contributed by atoms with Crippen molar-refractivity contribution < 1.29 is 4.39 Å². The zero-order valence-electron chi connectivity index (χ0n) is 14.4. The number of halogens is 1. The van der Waals surface area contributed by atoms with Crippen LogP contribution in [0.25, 0.3) is 22.4 Å². The highest BCUT2D eigenvalue weighted by molar-refractivity contribution is 5.82. The Morgan fingerprint density at radius 2 is 1.76 bits per heavy atom. The van der Waals surface area contributed by atoms with Crippen LogP contribution < -0.4 is 0 Å². The van der Waals surface area contributed by atoms with Crippen molar-refractivity contribution in [2.24, 2.45) is 0 Å². The Balaban J connectivity index is 1.80. The number of H-pyrrole nitrogens is 1. The van der Waals surface area contributed by atoms with Gasteiger partial charge in [0.05, 0.1) is 5.69 Å². The van der Waals surface area contributed by atoms with Gasteiger partial charge in [-0.1, -0.05) is 12.1 Å². The molecule has 1 aliphatic heterocycles. The Bertz CT molecular complexity index is 849. The van der Waals surface area contributed by atoms with E-state index >= 15 is 0 Å². The largest absolute Gasteiger partial charge is 0.358 e. The second-order valence-corrected chi connectivity index (χ2v) is 6.81. The molecule has 25 heavy (non-hydrogen) atoms. The lowest BCUT2D eigenvalue weighted by atomic mass is 9.93. The number of benzene rings is 1. The van der Waals surface area contributed by atoms with Crippen LogP contribution in [0.2, 0.25) is 0 Å². The lowest BCUT2D eigenvalue weighted by molar-refractivity contribution is 0.253. The molecular weight excluding hydrogens is 313 g/mol. The van der Waals surface area contributed by atoms with E-state index in [0.29, 0.717) is 11.5 Å². The van der Waals surface area contributed by atoms with Crippen LogP contribution in [0.5, 0.6) is 0 Å². The molecule has 1 aliphatic rings. The molecule has 2 aromatic heterocycles. The molecular formula is C21H22FN3. The minimum absolute atomic E-state index is 0.199. The summed E-state index contributed by atoms with van der Waals surface area (Å²) in [5, 5.41) is 0. The highest BCUT2D eigenvalue weighted by Gasteiger charge is 2.23. The van der Waals surface area contributed by atoms with E-state index in [9.17, 15) is 4.39 Å². The van der Waals surface area contributed by atoms with Crippen molar-refractivity contribution >= 4 is 0 Å². The van der Waals surface area contributed by atoms with Gasteiger partial charge in [0.2, 0.25) is 0 Å². The molecule has 0 bridgehead atoms. The van der Waals surface area contributed by atoms with Gasteiger partial charge in [0.15, 0.2) is 0 Å². The molecule has 1 N–H and O–H groups in total. The Hall–Kier alpha value is -2.46. The molecule has 1 fully saturated rings. The molecule has 128 valence electrons. The van der Waals surface area contributed by atoms with Crippen LogP contribution in [0.3, 0.4) is 0 Å². The van der Waals surface area contributed by atoms with Crippen molar-refractivity contribution in [1.29, 1.82) is 0 Å². The second kappa shape index (κ2) is 6.81. The monoisotopic (exact) mass is 335 g/mol. The number of aromatic amines is 1. The molecule has 3 aromatic rings. The summed E-state index contributed by atoms with van der Waals surface area (Å²) in [5.74, 6) is 0.298. The van der Waals surface area contributed by atoms with E-state index in [1.54, 1.807) is 18.5 Å². The van der Waals surface area contributed by atoms with Crippen LogP contribution >= 0.6 is 0 Å². The molecule has 3 heterocycles. The third-order valence-electron chi connectivity index (χ3n) is 5.13. The number of pyridine rings is 1. The first-order valence-corrected chi connectivity index (χ1v) is 8.79. The highest BCUT2D eigenvalue weighted by atomic mass is 19.1. The third kappa shape index (κ3) is 3.22. The van der Waals surface area contributed by atoms with E-state index in [0.717, 1.165) is 42.8 Å². The van der Waals surface area contributed by atoms with Gasteiger partial charge in [-0.15, -0.1) is 0 Å². The summed E-state index contributed by atoms with van der Waals surface area (Å²) in [5.41, 5.74) is 4.79. The number of likely N-dealkylation sites (tertiary alicyclic amines) is 1. The van der Waals surface area contributed by atoms with Crippen LogP contribution in [0, 0.1) is 5.82 Å². The van der Waals surface area contributed by atoms with Crippen LogP contribution in [0.15, 0.2) is 54.9 Å². The van der Waals surface area contributed by atoms with Crippen molar-refractivity contribution in [3.63, 3.8) is 0 Å². The number of rotatable bonds is 3. The molecule has 0 saturated carbocycles. The van der Waals surface area contributed by atoms with Crippen molar-refractivity contribution in [1.82, 2.24) is 14.9 Å². The Morgan fingerprint density at radius 1 is 1.04 bits per heavy atom. The SMILES string of the molecule is CN1CCC(c2cc(-c3ccncc3)c(-c3ccccc3F)[nH]2)CC1. The summed E-state index contributed by atoms with van der Waals surface area (Å²) < 4.78 is 14.4. The topological polar surface area (TPSA) is 31.9 Å². The third-order valence-corrected chi connectivity index (χ3v) is 5.13. The highest BCUT2D eigenvalue weighted by Crippen LogP contribution is 2.37. The van der Waals surface area contributed by atoms with E-state index in [1.165, 1.54) is 11.8 Å². The van der Waals surface area contributed by atoms with Crippen LogP contribution in [-0.2, 0) is 0 Å². The van der Waals surface area contributed by atoms with Gasteiger partial charge in [-0.3, -0.25) is 4.98 Å². The lowest BCUT2D eigenvalue weighted by Gasteiger charge is -2.28. The molecule has 0 unspecified atom stereocenters. The van der Waals surface area contributed by atoms with Gasteiger partial charge < -0.3 is 9.88 Å². The maximum atomic E-state index is 14.4. The molecule has 4 rings (SSSR count). The summed E-state index contributed by atoms with van der Waals surface area (Å²) in [4.78, 5) is 10.0. The minimum Gasteiger partial charge on any atom is -0.358 e. The number of hydrogen-bond acceptors (Lipinski definition) is 2. The van der Waals surface area contributed by atoms with Gasteiger partial charge >= 0.3 is 0 Å². The average Bonchev–Trinajstić information content (AvgIpc) is 3.08. The Labute approximate surface area is 147 Å². The summed E-state index contributed by atoms with van der Waals surface area (Å²) in [6.07, 6.45) is 5.82. The van der Waals surface area contributed by atoms with E-state index in [4.69, 9.17) is 0 Å². The first-order chi connectivity index (χ1) is 12.2. The maximum Gasteiger partial charge on any atom is 0.132 e. The molecule has 0 aliphatic carbocycles. The number of piperidine rings is 1. The zero-order chi connectivity index (χ0) is 17.2. The molecule has 1 saturated heterocycles. The normalized spacial score (nSPS) is 16.2. The Morgan fingerprint density at radius 3 is 2.48 bits per heavy atom. The molecule has 4 heteroatoms. The van der Waals surface area contributed by atoms with E-state index < -0.39 is 0 Å². The number of hydrogen-bond donors (Lipinski definition) is 1. The summed E-state index contributed by atoms with van der Waals surface area (Å²) in [7, 11) is 2.16. The molecule has 0 amide bonds. The van der Waals surface area contributed by atoms with E-state index in [2.05, 4.69) is 28.0 Å². The fraction of sp³-hybridized carbons (Fsp3) is 0.286. The summed E-state index contributed by atoms with van der Waals surface area (Å²) in [6, 6.07) is 13.1. The first-order valence-electron chi connectivity index (χ1n) is 8.79. The van der Waals surface area contributed by atoms with Gasteiger partial charge in [-0.2, -0.15) is 0 Å². The molecule has 0 radical (unpaired) electrons. The predicted octanol–water partition coefficient (Wildman–Crippen LogP) is 4.69. The smallest absolute Gasteiger partial charge is 0.132 e.